The van der Waals surface area contributed by atoms with E-state index in [-0.39, 0.29) is 0 Å². The van der Waals surface area contributed by atoms with Gasteiger partial charge in [-0.2, -0.15) is 4.73 Å². The first-order chi connectivity index (χ1) is 7.81. The van der Waals surface area contributed by atoms with Crippen LogP contribution in [-0.4, -0.2) is 16.0 Å². The maximum Gasteiger partial charge on any atom is 0.171 e. The van der Waals surface area contributed by atoms with Crippen molar-refractivity contribution in [3.05, 3.63) is 53.6 Å². The lowest BCUT2D eigenvalue weighted by molar-refractivity contribution is 0.0818. The summed E-state index contributed by atoms with van der Waals surface area (Å²) in [5.74, 6) is 0.665. The lowest BCUT2D eigenvalue weighted by Gasteiger charge is -2.09. The molecule has 0 unspecified atom stereocenters. The highest BCUT2D eigenvalue weighted by Gasteiger charge is 2.06. The predicted molar refractivity (Wildman–Crippen MR) is 59.1 cm³/mol. The molecule has 0 amide bonds. The van der Waals surface area contributed by atoms with E-state index in [1.54, 1.807) is 6.92 Å². The predicted octanol–water partition coefficient (Wildman–Crippen LogP) is 1.63. The fourth-order valence-electron chi connectivity index (χ4n) is 1.41. The lowest BCUT2D eigenvalue weighted by Crippen LogP contribution is -2.15. The van der Waals surface area contributed by atoms with Crippen molar-refractivity contribution >= 4 is 6.29 Å². The summed E-state index contributed by atoms with van der Waals surface area (Å²) in [7, 11) is 0. The number of hydrogen-bond acceptors (Lipinski definition) is 3. The van der Waals surface area contributed by atoms with Crippen LogP contribution < -0.4 is 4.84 Å². The van der Waals surface area contributed by atoms with Crippen LogP contribution in [0.1, 0.15) is 21.9 Å². The Morgan fingerprint density at radius 1 is 1.38 bits per heavy atom. The number of carbonyl (C=O) groups is 1. The average molecular weight is 216 g/mol. The fourth-order valence-corrected chi connectivity index (χ4v) is 1.41. The molecule has 0 aliphatic carbocycles. The summed E-state index contributed by atoms with van der Waals surface area (Å²) in [4.78, 5) is 20.2. The molecule has 2 rings (SSSR count). The second-order valence-electron chi connectivity index (χ2n) is 3.40. The standard InChI is InChI=1S/C12H12N2O2/c1-10-13-7-12(8-15)14(10)16-9-11-5-3-2-4-6-11/h2-8H,9H2,1H3. The number of rotatable bonds is 4. The average Bonchev–Trinajstić information content (AvgIpc) is 2.69. The molecule has 2 aromatic rings. The van der Waals surface area contributed by atoms with Crippen LogP contribution >= 0.6 is 0 Å². The van der Waals surface area contributed by atoms with Crippen LogP contribution in [0.2, 0.25) is 0 Å². The van der Waals surface area contributed by atoms with Crippen molar-refractivity contribution in [1.29, 1.82) is 0 Å². The van der Waals surface area contributed by atoms with E-state index in [1.165, 1.54) is 10.9 Å². The fraction of sp³-hybridized carbons (Fsp3) is 0.167. The third-order valence-electron chi connectivity index (χ3n) is 2.24. The van der Waals surface area contributed by atoms with Gasteiger partial charge in [0.25, 0.3) is 0 Å². The minimum atomic E-state index is 0.416. The van der Waals surface area contributed by atoms with Crippen molar-refractivity contribution in [2.75, 3.05) is 0 Å². The van der Waals surface area contributed by atoms with Crippen LogP contribution in [0, 0.1) is 6.92 Å². The normalized spacial score (nSPS) is 10.1. The highest BCUT2D eigenvalue weighted by atomic mass is 16.7. The van der Waals surface area contributed by atoms with E-state index in [2.05, 4.69) is 4.98 Å². The van der Waals surface area contributed by atoms with Gasteiger partial charge in [0.05, 0.1) is 6.20 Å². The molecule has 0 aliphatic heterocycles. The van der Waals surface area contributed by atoms with Gasteiger partial charge in [-0.1, -0.05) is 30.3 Å². The molecular weight excluding hydrogens is 204 g/mol. The number of carbonyl (C=O) groups excluding carboxylic acids is 1. The summed E-state index contributed by atoms with van der Waals surface area (Å²) in [5.41, 5.74) is 1.47. The van der Waals surface area contributed by atoms with Gasteiger partial charge in [-0.15, -0.1) is 0 Å². The van der Waals surface area contributed by atoms with Crippen molar-refractivity contribution in [3.63, 3.8) is 0 Å². The van der Waals surface area contributed by atoms with E-state index in [0.29, 0.717) is 18.1 Å². The molecule has 82 valence electrons. The van der Waals surface area contributed by atoms with Crippen LogP contribution in [0.15, 0.2) is 36.5 Å². The van der Waals surface area contributed by atoms with Gasteiger partial charge in [0.1, 0.15) is 18.1 Å². The van der Waals surface area contributed by atoms with Crippen molar-refractivity contribution in [2.45, 2.75) is 13.5 Å². The second-order valence-corrected chi connectivity index (χ2v) is 3.40. The number of benzene rings is 1. The smallest absolute Gasteiger partial charge is 0.171 e. The molecule has 4 nitrogen and oxygen atoms in total. The minimum Gasteiger partial charge on any atom is -0.407 e. The van der Waals surface area contributed by atoms with E-state index in [0.717, 1.165) is 11.8 Å². The first kappa shape index (κ1) is 10.4. The SMILES string of the molecule is Cc1ncc(C=O)n1OCc1ccccc1. The highest BCUT2D eigenvalue weighted by molar-refractivity contribution is 5.71. The zero-order valence-corrected chi connectivity index (χ0v) is 8.96. The maximum atomic E-state index is 10.7. The van der Waals surface area contributed by atoms with Crippen LogP contribution in [0.25, 0.3) is 0 Å². The van der Waals surface area contributed by atoms with Crippen LogP contribution in [-0.2, 0) is 6.61 Å². The van der Waals surface area contributed by atoms with Gasteiger partial charge in [-0.05, 0) is 12.5 Å². The van der Waals surface area contributed by atoms with Gasteiger partial charge in [0.2, 0.25) is 0 Å². The molecular formula is C12H12N2O2. The second kappa shape index (κ2) is 4.61. The molecule has 16 heavy (non-hydrogen) atoms. The molecule has 0 fully saturated rings. The molecule has 0 N–H and O–H groups in total. The zero-order valence-electron chi connectivity index (χ0n) is 8.96. The number of aryl methyl sites for hydroxylation is 1. The van der Waals surface area contributed by atoms with Crippen LogP contribution in [0.3, 0.4) is 0 Å². The first-order valence-corrected chi connectivity index (χ1v) is 4.98. The van der Waals surface area contributed by atoms with E-state index in [1.807, 2.05) is 30.3 Å². The van der Waals surface area contributed by atoms with Gasteiger partial charge in [0, 0.05) is 0 Å². The Morgan fingerprint density at radius 3 is 2.81 bits per heavy atom. The monoisotopic (exact) mass is 216 g/mol. The van der Waals surface area contributed by atoms with Crippen molar-refractivity contribution in [3.8, 4) is 0 Å². The van der Waals surface area contributed by atoms with Crippen molar-refractivity contribution in [1.82, 2.24) is 9.71 Å². The Labute approximate surface area is 93.5 Å². The molecule has 0 saturated carbocycles. The van der Waals surface area contributed by atoms with Gasteiger partial charge >= 0.3 is 0 Å². The molecule has 0 spiro atoms. The third kappa shape index (κ3) is 2.11. The summed E-state index contributed by atoms with van der Waals surface area (Å²) < 4.78 is 1.44. The van der Waals surface area contributed by atoms with E-state index >= 15 is 0 Å². The number of aldehydes is 1. The Hall–Kier alpha value is -2.10. The molecule has 0 radical (unpaired) electrons. The Balaban J connectivity index is 2.10. The Kier molecular flexibility index (Phi) is 3.00. The van der Waals surface area contributed by atoms with Gasteiger partial charge in [-0.25, -0.2) is 4.98 Å². The summed E-state index contributed by atoms with van der Waals surface area (Å²) in [6.45, 7) is 2.21. The molecule has 1 heterocycles. The maximum absolute atomic E-state index is 10.7. The lowest BCUT2D eigenvalue weighted by atomic mass is 10.2. The summed E-state index contributed by atoms with van der Waals surface area (Å²) >= 11 is 0. The Bertz CT molecular complexity index is 477. The van der Waals surface area contributed by atoms with E-state index < -0.39 is 0 Å². The summed E-state index contributed by atoms with van der Waals surface area (Å²) in [6, 6.07) is 9.77. The van der Waals surface area contributed by atoms with E-state index in [9.17, 15) is 4.79 Å². The number of nitrogens with zero attached hydrogens (tertiary/aromatic N) is 2. The highest BCUT2D eigenvalue weighted by Crippen LogP contribution is 2.03. The van der Waals surface area contributed by atoms with Crippen LogP contribution in [0.4, 0.5) is 0 Å². The van der Waals surface area contributed by atoms with Crippen molar-refractivity contribution in [2.24, 2.45) is 0 Å². The van der Waals surface area contributed by atoms with E-state index in [4.69, 9.17) is 4.84 Å². The van der Waals surface area contributed by atoms with Gasteiger partial charge in [0.15, 0.2) is 6.29 Å². The molecule has 0 aliphatic rings. The molecule has 0 atom stereocenters. The summed E-state index contributed by atoms with van der Waals surface area (Å²) in [6.07, 6.45) is 2.22. The zero-order chi connectivity index (χ0) is 11.4. The van der Waals surface area contributed by atoms with Crippen molar-refractivity contribution < 1.29 is 9.63 Å². The topological polar surface area (TPSA) is 44.1 Å². The third-order valence-corrected chi connectivity index (χ3v) is 2.24. The Morgan fingerprint density at radius 2 is 2.12 bits per heavy atom. The molecule has 1 aromatic heterocycles. The largest absolute Gasteiger partial charge is 0.407 e. The molecule has 4 heteroatoms. The molecule has 0 saturated heterocycles. The van der Waals surface area contributed by atoms with Gasteiger partial charge in [-0.3, -0.25) is 4.79 Å². The summed E-state index contributed by atoms with van der Waals surface area (Å²) in [5, 5.41) is 0. The number of imidazole rings is 1. The molecule has 0 bridgehead atoms. The minimum absolute atomic E-state index is 0.416. The van der Waals surface area contributed by atoms with Gasteiger partial charge < -0.3 is 4.84 Å². The number of hydrogen-bond donors (Lipinski definition) is 0. The van der Waals surface area contributed by atoms with Crippen LogP contribution in [0.5, 0.6) is 0 Å². The number of aromatic nitrogens is 2. The quantitative estimate of drug-likeness (QED) is 0.730. The first-order valence-electron chi connectivity index (χ1n) is 4.98. The molecule has 1 aromatic carbocycles.